The van der Waals surface area contributed by atoms with Crippen LogP contribution in [0.4, 0.5) is 5.69 Å². The molecule has 3 rings (SSSR count). The molecule has 0 bridgehead atoms. The first-order valence-electron chi connectivity index (χ1n) is 8.98. The molecule has 0 spiro atoms. The molecule has 0 aliphatic carbocycles. The van der Waals surface area contributed by atoms with E-state index in [2.05, 4.69) is 5.32 Å². The summed E-state index contributed by atoms with van der Waals surface area (Å²) >= 11 is 0. The van der Waals surface area contributed by atoms with Gasteiger partial charge >= 0.3 is 0 Å². The summed E-state index contributed by atoms with van der Waals surface area (Å²) in [5.74, 6) is 1.38. The SMILES string of the molecule is COc1cccc(N2CC(C(=O)NCc3cc(OC)ccc3OC)CC2=O)c1. The number of rotatable bonds is 7. The van der Waals surface area contributed by atoms with E-state index in [1.54, 1.807) is 44.4 Å². The van der Waals surface area contributed by atoms with Gasteiger partial charge in [-0.05, 0) is 30.3 Å². The third-order valence-electron chi connectivity index (χ3n) is 4.80. The third-order valence-corrected chi connectivity index (χ3v) is 4.80. The fourth-order valence-electron chi connectivity index (χ4n) is 3.26. The Morgan fingerprint density at radius 3 is 2.54 bits per heavy atom. The molecule has 1 saturated heterocycles. The lowest BCUT2D eigenvalue weighted by Gasteiger charge is -2.17. The van der Waals surface area contributed by atoms with Crippen molar-refractivity contribution in [2.45, 2.75) is 13.0 Å². The number of hydrogen-bond donors (Lipinski definition) is 1. The van der Waals surface area contributed by atoms with Crippen LogP contribution in [-0.4, -0.2) is 39.7 Å². The van der Waals surface area contributed by atoms with Crippen molar-refractivity contribution >= 4 is 17.5 Å². The van der Waals surface area contributed by atoms with Gasteiger partial charge in [-0.15, -0.1) is 0 Å². The lowest BCUT2D eigenvalue weighted by atomic mass is 10.1. The molecule has 1 unspecified atom stereocenters. The smallest absolute Gasteiger partial charge is 0.227 e. The standard InChI is InChI=1S/C21H24N2O5/c1-26-17-6-4-5-16(11-17)23-13-15(10-20(23)24)21(25)22-12-14-9-18(27-2)7-8-19(14)28-3/h4-9,11,15H,10,12-13H2,1-3H3,(H,22,25). The molecule has 7 nitrogen and oxygen atoms in total. The molecule has 2 aromatic carbocycles. The van der Waals surface area contributed by atoms with Crippen LogP contribution >= 0.6 is 0 Å². The molecule has 0 saturated carbocycles. The summed E-state index contributed by atoms with van der Waals surface area (Å²) in [7, 11) is 4.74. The second kappa shape index (κ2) is 8.65. The second-order valence-corrected chi connectivity index (χ2v) is 6.50. The highest BCUT2D eigenvalue weighted by Gasteiger charge is 2.35. The quantitative estimate of drug-likeness (QED) is 0.793. The van der Waals surface area contributed by atoms with E-state index < -0.39 is 5.92 Å². The van der Waals surface area contributed by atoms with Gasteiger partial charge < -0.3 is 24.4 Å². The van der Waals surface area contributed by atoms with Gasteiger partial charge in [-0.1, -0.05) is 6.07 Å². The number of carbonyl (C=O) groups excluding carboxylic acids is 2. The van der Waals surface area contributed by atoms with E-state index in [1.165, 1.54) is 0 Å². The maximum atomic E-state index is 12.6. The number of nitrogens with one attached hydrogen (secondary N) is 1. The molecule has 28 heavy (non-hydrogen) atoms. The minimum Gasteiger partial charge on any atom is -0.497 e. The number of methoxy groups -OCH3 is 3. The molecule has 1 aliphatic heterocycles. The molecular formula is C21H24N2O5. The Bertz CT molecular complexity index is 868. The number of anilines is 1. The molecule has 2 amide bonds. The topological polar surface area (TPSA) is 77.1 Å². The van der Waals surface area contributed by atoms with Gasteiger partial charge in [0.25, 0.3) is 0 Å². The Labute approximate surface area is 164 Å². The summed E-state index contributed by atoms with van der Waals surface area (Å²) in [6, 6.07) is 12.7. The largest absolute Gasteiger partial charge is 0.497 e. The van der Waals surface area contributed by atoms with E-state index in [4.69, 9.17) is 14.2 Å². The van der Waals surface area contributed by atoms with Crippen LogP contribution in [0.25, 0.3) is 0 Å². The lowest BCUT2D eigenvalue weighted by molar-refractivity contribution is -0.126. The average molecular weight is 384 g/mol. The van der Waals surface area contributed by atoms with Crippen molar-refractivity contribution in [1.29, 1.82) is 0 Å². The Kier molecular flexibility index (Phi) is 6.03. The van der Waals surface area contributed by atoms with Crippen LogP contribution in [0.2, 0.25) is 0 Å². The van der Waals surface area contributed by atoms with Gasteiger partial charge in [-0.2, -0.15) is 0 Å². The van der Waals surface area contributed by atoms with Gasteiger partial charge in [-0.3, -0.25) is 9.59 Å². The number of carbonyl (C=O) groups is 2. The van der Waals surface area contributed by atoms with Crippen LogP contribution in [0.15, 0.2) is 42.5 Å². The Hall–Kier alpha value is -3.22. The fraction of sp³-hybridized carbons (Fsp3) is 0.333. The minimum atomic E-state index is -0.407. The van der Waals surface area contributed by atoms with E-state index in [0.29, 0.717) is 30.3 Å². The van der Waals surface area contributed by atoms with Gasteiger partial charge in [0.15, 0.2) is 0 Å². The Balaban J connectivity index is 1.65. The summed E-state index contributed by atoms with van der Waals surface area (Å²) in [6.07, 6.45) is 0.179. The van der Waals surface area contributed by atoms with Crippen LogP contribution < -0.4 is 24.4 Å². The Morgan fingerprint density at radius 1 is 1.07 bits per heavy atom. The lowest BCUT2D eigenvalue weighted by Crippen LogP contribution is -2.32. The first-order chi connectivity index (χ1) is 13.5. The first-order valence-corrected chi connectivity index (χ1v) is 8.98. The third kappa shape index (κ3) is 4.19. The normalized spacial score (nSPS) is 16.0. The van der Waals surface area contributed by atoms with Gasteiger partial charge in [-0.25, -0.2) is 0 Å². The summed E-state index contributed by atoms with van der Waals surface area (Å²) < 4.78 is 15.8. The van der Waals surface area contributed by atoms with Crippen molar-refractivity contribution < 1.29 is 23.8 Å². The molecule has 1 heterocycles. The van der Waals surface area contributed by atoms with E-state index in [0.717, 1.165) is 11.3 Å². The predicted molar refractivity (Wildman–Crippen MR) is 105 cm³/mol. The zero-order valence-corrected chi connectivity index (χ0v) is 16.2. The minimum absolute atomic E-state index is 0.0765. The summed E-state index contributed by atoms with van der Waals surface area (Å²) in [4.78, 5) is 26.7. The van der Waals surface area contributed by atoms with Crippen molar-refractivity contribution in [3.8, 4) is 17.2 Å². The highest BCUT2D eigenvalue weighted by molar-refractivity contribution is 6.00. The van der Waals surface area contributed by atoms with E-state index in [1.807, 2.05) is 24.3 Å². The molecule has 0 radical (unpaired) electrons. The molecule has 1 fully saturated rings. The van der Waals surface area contributed by atoms with Gasteiger partial charge in [0.2, 0.25) is 11.8 Å². The number of nitrogens with zero attached hydrogens (tertiary/aromatic N) is 1. The fourth-order valence-corrected chi connectivity index (χ4v) is 3.26. The molecular weight excluding hydrogens is 360 g/mol. The molecule has 148 valence electrons. The number of ether oxygens (including phenoxy) is 3. The van der Waals surface area contributed by atoms with Crippen molar-refractivity contribution in [3.63, 3.8) is 0 Å². The van der Waals surface area contributed by atoms with Crippen LogP contribution in [0.3, 0.4) is 0 Å². The van der Waals surface area contributed by atoms with Crippen molar-refractivity contribution in [2.75, 3.05) is 32.8 Å². The van der Waals surface area contributed by atoms with Crippen molar-refractivity contribution in [1.82, 2.24) is 5.32 Å². The van der Waals surface area contributed by atoms with Crippen molar-refractivity contribution in [3.05, 3.63) is 48.0 Å². The van der Waals surface area contributed by atoms with Gasteiger partial charge in [0.1, 0.15) is 17.2 Å². The summed E-state index contributed by atoms with van der Waals surface area (Å²) in [5, 5.41) is 2.90. The highest BCUT2D eigenvalue weighted by atomic mass is 16.5. The maximum Gasteiger partial charge on any atom is 0.227 e. The van der Waals surface area contributed by atoms with E-state index in [-0.39, 0.29) is 18.2 Å². The van der Waals surface area contributed by atoms with E-state index in [9.17, 15) is 9.59 Å². The van der Waals surface area contributed by atoms with E-state index >= 15 is 0 Å². The molecule has 1 atom stereocenters. The maximum absolute atomic E-state index is 12.6. The van der Waals surface area contributed by atoms with Gasteiger partial charge in [0.05, 0.1) is 27.2 Å². The second-order valence-electron chi connectivity index (χ2n) is 6.50. The average Bonchev–Trinajstić information content (AvgIpc) is 3.13. The van der Waals surface area contributed by atoms with Gasteiger partial charge in [0, 0.05) is 36.8 Å². The summed E-state index contributed by atoms with van der Waals surface area (Å²) in [6.45, 7) is 0.635. The number of benzene rings is 2. The zero-order valence-electron chi connectivity index (χ0n) is 16.2. The molecule has 7 heteroatoms. The highest BCUT2D eigenvalue weighted by Crippen LogP contribution is 2.28. The number of hydrogen-bond acceptors (Lipinski definition) is 5. The van der Waals surface area contributed by atoms with Crippen LogP contribution in [0, 0.1) is 5.92 Å². The molecule has 2 aromatic rings. The summed E-state index contributed by atoms with van der Waals surface area (Å²) in [5.41, 5.74) is 1.54. The molecule has 1 aliphatic rings. The van der Waals surface area contributed by atoms with Crippen LogP contribution in [0.5, 0.6) is 17.2 Å². The zero-order chi connectivity index (χ0) is 20.1. The monoisotopic (exact) mass is 384 g/mol. The number of amides is 2. The van der Waals surface area contributed by atoms with Crippen LogP contribution in [-0.2, 0) is 16.1 Å². The molecule has 0 aromatic heterocycles. The van der Waals surface area contributed by atoms with Crippen LogP contribution in [0.1, 0.15) is 12.0 Å². The first kappa shape index (κ1) is 19.5. The Morgan fingerprint density at radius 2 is 1.82 bits per heavy atom. The van der Waals surface area contributed by atoms with Crippen molar-refractivity contribution in [2.24, 2.45) is 5.92 Å². The molecule has 1 N–H and O–H groups in total. The predicted octanol–water partition coefficient (Wildman–Crippen LogP) is 2.38.